The fourth-order valence-electron chi connectivity index (χ4n) is 3.48. The van der Waals surface area contributed by atoms with E-state index in [1.54, 1.807) is 14.2 Å². The zero-order valence-corrected chi connectivity index (χ0v) is 12.5. The van der Waals surface area contributed by atoms with Crippen molar-refractivity contribution in [2.45, 2.75) is 25.0 Å². The van der Waals surface area contributed by atoms with Crippen LogP contribution in [0.5, 0.6) is 0 Å². The van der Waals surface area contributed by atoms with Crippen molar-refractivity contribution in [3.05, 3.63) is 0 Å². The standard InChI is InChI=1S/C14H28N2O3/c1-15-9-14(5-4-6-19-11-14)10-16-7-12(17-2)13(8-16)18-3/h12-13,15H,4-11H2,1-3H3. The smallest absolute Gasteiger partial charge is 0.0971 e. The van der Waals surface area contributed by atoms with Crippen LogP contribution in [0.15, 0.2) is 0 Å². The van der Waals surface area contributed by atoms with Gasteiger partial charge >= 0.3 is 0 Å². The molecule has 0 aromatic carbocycles. The fraction of sp³-hybridized carbons (Fsp3) is 1.00. The Labute approximate surface area is 116 Å². The predicted molar refractivity (Wildman–Crippen MR) is 74.4 cm³/mol. The molecule has 19 heavy (non-hydrogen) atoms. The van der Waals surface area contributed by atoms with Crippen LogP contribution in [0.3, 0.4) is 0 Å². The molecule has 112 valence electrons. The van der Waals surface area contributed by atoms with Gasteiger partial charge in [0.05, 0.1) is 18.8 Å². The molecule has 0 spiro atoms. The number of nitrogens with one attached hydrogen (secondary N) is 1. The first-order valence-corrected chi connectivity index (χ1v) is 7.23. The number of methoxy groups -OCH3 is 2. The van der Waals surface area contributed by atoms with Crippen molar-refractivity contribution in [2.24, 2.45) is 5.41 Å². The van der Waals surface area contributed by atoms with Gasteiger partial charge in [0.1, 0.15) is 0 Å². The van der Waals surface area contributed by atoms with Crippen molar-refractivity contribution < 1.29 is 14.2 Å². The van der Waals surface area contributed by atoms with Gasteiger partial charge in [0.25, 0.3) is 0 Å². The molecular formula is C14H28N2O3. The van der Waals surface area contributed by atoms with Crippen molar-refractivity contribution in [2.75, 3.05) is 60.7 Å². The Bertz CT molecular complexity index is 252. The van der Waals surface area contributed by atoms with Crippen LogP contribution in [0.1, 0.15) is 12.8 Å². The van der Waals surface area contributed by atoms with Gasteiger partial charge in [-0.05, 0) is 19.9 Å². The largest absolute Gasteiger partial charge is 0.381 e. The van der Waals surface area contributed by atoms with Crippen molar-refractivity contribution in [3.63, 3.8) is 0 Å². The highest BCUT2D eigenvalue weighted by Crippen LogP contribution is 2.31. The number of hydrogen-bond acceptors (Lipinski definition) is 5. The van der Waals surface area contributed by atoms with Gasteiger partial charge in [0, 0.05) is 52.4 Å². The van der Waals surface area contributed by atoms with Crippen LogP contribution in [0.2, 0.25) is 0 Å². The van der Waals surface area contributed by atoms with Crippen LogP contribution < -0.4 is 5.32 Å². The molecule has 1 N–H and O–H groups in total. The second-order valence-corrected chi connectivity index (χ2v) is 5.93. The first-order valence-electron chi connectivity index (χ1n) is 7.23. The normalized spacial score (nSPS) is 36.8. The van der Waals surface area contributed by atoms with Gasteiger partial charge in [0.2, 0.25) is 0 Å². The second kappa shape index (κ2) is 6.99. The molecule has 5 heteroatoms. The lowest BCUT2D eigenvalue weighted by Gasteiger charge is -2.39. The highest BCUT2D eigenvalue weighted by molar-refractivity contribution is 4.92. The first kappa shape index (κ1) is 15.2. The summed E-state index contributed by atoms with van der Waals surface area (Å²) in [6.07, 6.45) is 2.79. The van der Waals surface area contributed by atoms with E-state index in [2.05, 4.69) is 10.2 Å². The quantitative estimate of drug-likeness (QED) is 0.756. The first-order chi connectivity index (χ1) is 9.23. The van der Waals surface area contributed by atoms with E-state index in [1.165, 1.54) is 6.42 Å². The molecule has 0 bridgehead atoms. The lowest BCUT2D eigenvalue weighted by molar-refractivity contribution is -0.0243. The Balaban J connectivity index is 1.94. The molecular weight excluding hydrogens is 244 g/mol. The molecule has 0 amide bonds. The van der Waals surface area contributed by atoms with Crippen LogP contribution in [-0.4, -0.2) is 77.8 Å². The van der Waals surface area contributed by atoms with Crippen LogP contribution in [-0.2, 0) is 14.2 Å². The van der Waals surface area contributed by atoms with E-state index in [4.69, 9.17) is 14.2 Å². The van der Waals surface area contributed by atoms with Gasteiger partial charge in [0.15, 0.2) is 0 Å². The summed E-state index contributed by atoms with van der Waals surface area (Å²) in [6.45, 7) is 5.76. The van der Waals surface area contributed by atoms with Crippen molar-refractivity contribution in [1.29, 1.82) is 0 Å². The van der Waals surface area contributed by atoms with E-state index in [0.717, 1.165) is 45.8 Å². The third-order valence-electron chi connectivity index (χ3n) is 4.41. The third-order valence-corrected chi connectivity index (χ3v) is 4.41. The molecule has 2 heterocycles. The maximum atomic E-state index is 5.73. The van der Waals surface area contributed by atoms with E-state index in [-0.39, 0.29) is 17.6 Å². The number of hydrogen-bond donors (Lipinski definition) is 1. The Morgan fingerprint density at radius 2 is 1.95 bits per heavy atom. The summed E-state index contributed by atoms with van der Waals surface area (Å²) < 4.78 is 16.8. The van der Waals surface area contributed by atoms with Crippen molar-refractivity contribution in [3.8, 4) is 0 Å². The lowest BCUT2D eigenvalue weighted by Crippen LogP contribution is -2.48. The average Bonchev–Trinajstić information content (AvgIpc) is 2.82. The highest BCUT2D eigenvalue weighted by atomic mass is 16.5. The van der Waals surface area contributed by atoms with Gasteiger partial charge in [-0.3, -0.25) is 4.90 Å². The molecule has 2 saturated heterocycles. The van der Waals surface area contributed by atoms with Crippen molar-refractivity contribution >= 4 is 0 Å². The van der Waals surface area contributed by atoms with Gasteiger partial charge in [-0.1, -0.05) is 0 Å². The highest BCUT2D eigenvalue weighted by Gasteiger charge is 2.39. The van der Waals surface area contributed by atoms with Crippen LogP contribution >= 0.6 is 0 Å². The minimum Gasteiger partial charge on any atom is -0.381 e. The number of likely N-dealkylation sites (tertiary alicyclic amines) is 1. The molecule has 0 radical (unpaired) electrons. The maximum Gasteiger partial charge on any atom is 0.0971 e. The van der Waals surface area contributed by atoms with Crippen molar-refractivity contribution in [1.82, 2.24) is 10.2 Å². The Morgan fingerprint density at radius 3 is 2.42 bits per heavy atom. The zero-order valence-electron chi connectivity index (χ0n) is 12.5. The summed E-state index contributed by atoms with van der Waals surface area (Å²) in [6, 6.07) is 0. The van der Waals surface area contributed by atoms with E-state index in [1.807, 2.05) is 7.05 Å². The monoisotopic (exact) mass is 272 g/mol. The predicted octanol–water partition coefficient (Wildman–Crippen LogP) is 0.348. The number of ether oxygens (including phenoxy) is 3. The van der Waals surface area contributed by atoms with Crippen LogP contribution in [0.4, 0.5) is 0 Å². The van der Waals surface area contributed by atoms with E-state index in [9.17, 15) is 0 Å². The van der Waals surface area contributed by atoms with E-state index >= 15 is 0 Å². The van der Waals surface area contributed by atoms with Gasteiger partial charge in [-0.2, -0.15) is 0 Å². The molecule has 0 aliphatic carbocycles. The molecule has 3 unspecified atom stereocenters. The Hall–Kier alpha value is -0.200. The summed E-state index contributed by atoms with van der Waals surface area (Å²) in [5.41, 5.74) is 0.244. The summed E-state index contributed by atoms with van der Waals surface area (Å²) >= 11 is 0. The minimum absolute atomic E-state index is 0.196. The summed E-state index contributed by atoms with van der Waals surface area (Å²) in [7, 11) is 5.57. The molecule has 2 rings (SSSR count). The maximum absolute atomic E-state index is 5.73. The molecule has 2 fully saturated rings. The number of rotatable bonds is 6. The Kier molecular flexibility index (Phi) is 5.59. The van der Waals surface area contributed by atoms with E-state index in [0.29, 0.717) is 0 Å². The molecule has 0 aromatic heterocycles. The fourth-order valence-corrected chi connectivity index (χ4v) is 3.48. The Morgan fingerprint density at radius 1 is 1.26 bits per heavy atom. The lowest BCUT2D eigenvalue weighted by atomic mass is 9.82. The zero-order chi connectivity index (χ0) is 13.7. The third kappa shape index (κ3) is 3.67. The van der Waals surface area contributed by atoms with Crippen LogP contribution in [0, 0.1) is 5.41 Å². The minimum atomic E-state index is 0.196. The van der Waals surface area contributed by atoms with Crippen LogP contribution in [0.25, 0.3) is 0 Å². The molecule has 2 aliphatic rings. The topological polar surface area (TPSA) is 43.0 Å². The van der Waals surface area contributed by atoms with Gasteiger partial charge < -0.3 is 19.5 Å². The molecule has 2 aliphatic heterocycles. The summed E-state index contributed by atoms with van der Waals surface area (Å²) in [5, 5.41) is 3.33. The summed E-state index contributed by atoms with van der Waals surface area (Å²) in [5.74, 6) is 0. The average molecular weight is 272 g/mol. The molecule has 0 aromatic rings. The molecule has 3 atom stereocenters. The van der Waals surface area contributed by atoms with E-state index < -0.39 is 0 Å². The number of nitrogens with zero attached hydrogens (tertiary/aromatic N) is 1. The van der Waals surface area contributed by atoms with Gasteiger partial charge in [-0.15, -0.1) is 0 Å². The SMILES string of the molecule is CNCC1(CN2CC(OC)C(OC)C2)CCCOC1. The molecule has 0 saturated carbocycles. The summed E-state index contributed by atoms with van der Waals surface area (Å²) in [4.78, 5) is 2.47. The van der Waals surface area contributed by atoms with Gasteiger partial charge in [-0.25, -0.2) is 0 Å². The molecule has 5 nitrogen and oxygen atoms in total. The second-order valence-electron chi connectivity index (χ2n) is 5.93.